The van der Waals surface area contributed by atoms with Crippen molar-refractivity contribution in [2.75, 3.05) is 24.4 Å². The van der Waals surface area contributed by atoms with Crippen molar-refractivity contribution in [1.29, 1.82) is 0 Å². The Morgan fingerprint density at radius 1 is 0.912 bits per heavy atom. The van der Waals surface area contributed by atoms with Gasteiger partial charge >= 0.3 is 0 Å². The van der Waals surface area contributed by atoms with Gasteiger partial charge in [0.15, 0.2) is 5.76 Å². The van der Waals surface area contributed by atoms with Crippen LogP contribution in [0, 0.1) is 0 Å². The number of amides is 2. The van der Waals surface area contributed by atoms with Gasteiger partial charge in [0.05, 0.1) is 19.4 Å². The molecule has 2 amide bonds. The molecule has 7 nitrogen and oxygen atoms in total. The summed E-state index contributed by atoms with van der Waals surface area (Å²) < 4.78 is 16.7. The van der Waals surface area contributed by atoms with E-state index in [0.29, 0.717) is 40.6 Å². The zero-order valence-electron chi connectivity index (χ0n) is 19.1. The van der Waals surface area contributed by atoms with Crippen LogP contribution in [-0.4, -0.2) is 25.5 Å². The fourth-order valence-corrected chi connectivity index (χ4v) is 3.41. The van der Waals surface area contributed by atoms with Crippen molar-refractivity contribution in [2.24, 2.45) is 0 Å². The lowest BCUT2D eigenvalue weighted by molar-refractivity contribution is 0.0996. The lowest BCUT2D eigenvalue weighted by Gasteiger charge is -2.12. The number of unbranched alkanes of at least 4 members (excludes halogenated alkanes) is 1. The molecule has 0 atom stereocenters. The first-order valence-corrected chi connectivity index (χ1v) is 11.1. The lowest BCUT2D eigenvalue weighted by Crippen LogP contribution is -2.14. The highest BCUT2D eigenvalue weighted by atomic mass is 16.5. The third kappa shape index (κ3) is 5.38. The number of methoxy groups -OCH3 is 1. The fourth-order valence-electron chi connectivity index (χ4n) is 3.41. The van der Waals surface area contributed by atoms with Crippen LogP contribution in [0.25, 0.3) is 11.0 Å². The largest absolute Gasteiger partial charge is 0.494 e. The number of nitrogens with one attached hydrogen (secondary N) is 2. The van der Waals surface area contributed by atoms with Crippen LogP contribution in [0.3, 0.4) is 0 Å². The summed E-state index contributed by atoms with van der Waals surface area (Å²) in [4.78, 5) is 25.4. The Hall–Kier alpha value is -4.26. The third-order valence-corrected chi connectivity index (χ3v) is 5.22. The SMILES string of the molecule is CCCCOc1cccc(C(=O)Nc2ccc(NC(=O)c3cc4ccccc4o3)c(OC)c2)c1. The molecule has 34 heavy (non-hydrogen) atoms. The Bertz CT molecular complexity index is 1280. The van der Waals surface area contributed by atoms with E-state index < -0.39 is 5.91 Å². The van der Waals surface area contributed by atoms with Gasteiger partial charge in [-0.15, -0.1) is 0 Å². The topological polar surface area (TPSA) is 89.8 Å². The first-order valence-electron chi connectivity index (χ1n) is 11.1. The second kappa shape index (κ2) is 10.6. The molecule has 4 aromatic rings. The molecule has 0 bridgehead atoms. The molecule has 0 aliphatic heterocycles. The summed E-state index contributed by atoms with van der Waals surface area (Å²) in [6.45, 7) is 2.71. The molecule has 0 saturated carbocycles. The van der Waals surface area contributed by atoms with Gasteiger partial charge in [0, 0.05) is 22.7 Å². The number of carbonyl (C=O) groups is 2. The van der Waals surface area contributed by atoms with E-state index in [0.717, 1.165) is 18.2 Å². The summed E-state index contributed by atoms with van der Waals surface area (Å²) in [5.41, 5.74) is 2.10. The minimum absolute atomic E-state index is 0.196. The van der Waals surface area contributed by atoms with Crippen molar-refractivity contribution in [3.63, 3.8) is 0 Å². The Kier molecular flexibility index (Phi) is 7.13. The van der Waals surface area contributed by atoms with Gasteiger partial charge in [0.25, 0.3) is 11.8 Å². The second-order valence-electron chi connectivity index (χ2n) is 7.70. The maximum absolute atomic E-state index is 12.7. The van der Waals surface area contributed by atoms with Crippen LogP contribution in [-0.2, 0) is 0 Å². The number of para-hydroxylation sites is 1. The number of fused-ring (bicyclic) bond motifs is 1. The molecule has 0 aliphatic carbocycles. The Morgan fingerprint density at radius 2 is 1.76 bits per heavy atom. The average molecular weight is 459 g/mol. The van der Waals surface area contributed by atoms with Gasteiger partial charge in [-0.2, -0.15) is 0 Å². The van der Waals surface area contributed by atoms with Crippen LogP contribution < -0.4 is 20.1 Å². The zero-order valence-corrected chi connectivity index (χ0v) is 19.1. The highest BCUT2D eigenvalue weighted by Gasteiger charge is 2.16. The number of ether oxygens (including phenoxy) is 2. The Balaban J connectivity index is 1.45. The summed E-state index contributed by atoms with van der Waals surface area (Å²) in [6, 6.07) is 21.1. The highest BCUT2D eigenvalue weighted by Crippen LogP contribution is 2.29. The van der Waals surface area contributed by atoms with Crippen molar-refractivity contribution < 1.29 is 23.5 Å². The van der Waals surface area contributed by atoms with E-state index >= 15 is 0 Å². The number of benzene rings is 3. The molecule has 2 N–H and O–H groups in total. The molecule has 174 valence electrons. The van der Waals surface area contributed by atoms with Crippen molar-refractivity contribution in [3.8, 4) is 11.5 Å². The van der Waals surface area contributed by atoms with Crippen LogP contribution in [0.5, 0.6) is 11.5 Å². The first kappa shape index (κ1) is 22.9. The molecule has 1 aromatic heterocycles. The Morgan fingerprint density at radius 3 is 2.56 bits per heavy atom. The minimum atomic E-state index is -0.397. The van der Waals surface area contributed by atoms with E-state index in [1.54, 1.807) is 48.5 Å². The summed E-state index contributed by atoms with van der Waals surface area (Å²) in [7, 11) is 1.49. The van der Waals surface area contributed by atoms with Gasteiger partial charge in [0.1, 0.15) is 17.1 Å². The summed E-state index contributed by atoms with van der Waals surface area (Å²) >= 11 is 0. The van der Waals surface area contributed by atoms with E-state index in [4.69, 9.17) is 13.9 Å². The molecular weight excluding hydrogens is 432 g/mol. The normalized spacial score (nSPS) is 10.6. The van der Waals surface area contributed by atoms with Gasteiger partial charge in [-0.3, -0.25) is 9.59 Å². The average Bonchev–Trinajstić information content (AvgIpc) is 3.30. The number of anilines is 2. The number of hydrogen-bond acceptors (Lipinski definition) is 5. The summed E-state index contributed by atoms with van der Waals surface area (Å²) in [6.07, 6.45) is 1.99. The summed E-state index contributed by atoms with van der Waals surface area (Å²) in [5.74, 6) is 0.580. The number of hydrogen-bond donors (Lipinski definition) is 2. The van der Waals surface area contributed by atoms with Crippen molar-refractivity contribution in [1.82, 2.24) is 0 Å². The maximum atomic E-state index is 12.7. The smallest absolute Gasteiger partial charge is 0.291 e. The lowest BCUT2D eigenvalue weighted by atomic mass is 10.2. The zero-order chi connectivity index (χ0) is 23.9. The van der Waals surface area contributed by atoms with Crippen LogP contribution in [0.2, 0.25) is 0 Å². The van der Waals surface area contributed by atoms with Crippen LogP contribution in [0.15, 0.2) is 77.2 Å². The molecule has 3 aromatic carbocycles. The van der Waals surface area contributed by atoms with Crippen LogP contribution in [0.1, 0.15) is 40.7 Å². The van der Waals surface area contributed by atoms with Gasteiger partial charge in [-0.05, 0) is 48.9 Å². The van der Waals surface area contributed by atoms with Gasteiger partial charge in [-0.25, -0.2) is 0 Å². The van der Waals surface area contributed by atoms with Gasteiger partial charge < -0.3 is 24.5 Å². The first-order chi connectivity index (χ1) is 16.6. The van der Waals surface area contributed by atoms with E-state index in [1.165, 1.54) is 7.11 Å². The Labute approximate surface area is 197 Å². The predicted octanol–water partition coefficient (Wildman–Crippen LogP) is 6.12. The second-order valence-corrected chi connectivity index (χ2v) is 7.70. The van der Waals surface area contributed by atoms with Crippen LogP contribution in [0.4, 0.5) is 11.4 Å². The molecule has 0 radical (unpaired) electrons. The van der Waals surface area contributed by atoms with Crippen LogP contribution >= 0.6 is 0 Å². The van der Waals surface area contributed by atoms with Crippen molar-refractivity contribution in [3.05, 3.63) is 84.1 Å². The quantitative estimate of drug-likeness (QED) is 0.295. The summed E-state index contributed by atoms with van der Waals surface area (Å²) in [5, 5.41) is 6.49. The number of rotatable bonds is 9. The predicted molar refractivity (Wildman–Crippen MR) is 132 cm³/mol. The van der Waals surface area contributed by atoms with Gasteiger partial charge in [-0.1, -0.05) is 37.6 Å². The van der Waals surface area contributed by atoms with E-state index in [-0.39, 0.29) is 11.7 Å². The van der Waals surface area contributed by atoms with E-state index in [9.17, 15) is 9.59 Å². The number of furan rings is 1. The molecule has 0 spiro atoms. The molecule has 0 saturated heterocycles. The minimum Gasteiger partial charge on any atom is -0.494 e. The third-order valence-electron chi connectivity index (χ3n) is 5.22. The van der Waals surface area contributed by atoms with Gasteiger partial charge in [0.2, 0.25) is 0 Å². The monoisotopic (exact) mass is 458 g/mol. The molecule has 0 unspecified atom stereocenters. The molecule has 7 heteroatoms. The fraction of sp³-hybridized carbons (Fsp3) is 0.185. The standard InChI is InChI=1S/C27H26N2O5/c1-3-4-14-33-21-10-7-9-19(15-21)26(30)28-20-12-13-22(24(17-20)32-2)29-27(31)25-16-18-8-5-6-11-23(18)34-25/h5-13,15-17H,3-4,14H2,1-2H3,(H,28,30)(H,29,31). The van der Waals surface area contributed by atoms with E-state index in [1.807, 2.05) is 24.3 Å². The maximum Gasteiger partial charge on any atom is 0.291 e. The van der Waals surface area contributed by atoms with Crippen molar-refractivity contribution >= 4 is 34.2 Å². The molecule has 0 fully saturated rings. The highest BCUT2D eigenvalue weighted by molar-refractivity contribution is 6.06. The number of carbonyl (C=O) groups excluding carboxylic acids is 2. The van der Waals surface area contributed by atoms with Crippen molar-refractivity contribution in [2.45, 2.75) is 19.8 Å². The molecule has 0 aliphatic rings. The molecule has 4 rings (SSSR count). The van der Waals surface area contributed by atoms with E-state index in [2.05, 4.69) is 17.6 Å². The molecular formula is C27H26N2O5. The molecule has 1 heterocycles.